The first-order valence-corrected chi connectivity index (χ1v) is 7.79. The average molecular weight is 347 g/mol. The van der Waals surface area contributed by atoms with E-state index in [1.165, 1.54) is 36.7 Å². The Balaban J connectivity index is -0.000000126. The van der Waals surface area contributed by atoms with Gasteiger partial charge in [0.05, 0.1) is 0 Å². The van der Waals surface area contributed by atoms with Crippen LogP contribution >= 0.6 is 24.1 Å². The van der Waals surface area contributed by atoms with E-state index in [0.717, 1.165) is 0 Å². The summed E-state index contributed by atoms with van der Waals surface area (Å²) in [6.45, 7) is 6.72. The van der Waals surface area contributed by atoms with Crippen LogP contribution in [0.3, 0.4) is 0 Å². The first-order valence-electron chi connectivity index (χ1n) is 4.98. The standard InChI is InChI=1S/C6H15N.C2N2O4S3.2H3N/c1-3-5-7-6-4-2;3-1-9-7-11(5,6)8-10-2-4;;/h7H,3-6H2,1-2H3;;2*1H3. The lowest BCUT2D eigenvalue weighted by Gasteiger charge is -1.95. The molecule has 0 bridgehead atoms. The molecule has 0 aromatic carbocycles. The van der Waals surface area contributed by atoms with Crippen LogP contribution in [0.5, 0.6) is 0 Å². The van der Waals surface area contributed by atoms with Crippen molar-refractivity contribution in [2.24, 2.45) is 0 Å². The predicted molar refractivity (Wildman–Crippen MR) is 81.0 cm³/mol. The minimum absolute atomic E-state index is 0. The third-order valence-corrected chi connectivity index (χ3v) is 3.19. The lowest BCUT2D eigenvalue weighted by atomic mass is 10.4. The number of rotatable bonds is 8. The van der Waals surface area contributed by atoms with Gasteiger partial charge >= 0.3 is 10.4 Å². The summed E-state index contributed by atoms with van der Waals surface area (Å²) in [7, 11) is -4.22. The van der Waals surface area contributed by atoms with Gasteiger partial charge in [0, 0.05) is 0 Å². The van der Waals surface area contributed by atoms with E-state index in [2.05, 4.69) is 26.4 Å². The van der Waals surface area contributed by atoms with Crippen molar-refractivity contribution in [2.75, 3.05) is 13.1 Å². The summed E-state index contributed by atoms with van der Waals surface area (Å²) in [5, 5.41) is 21.7. The van der Waals surface area contributed by atoms with Crippen LogP contribution in [0.25, 0.3) is 0 Å². The lowest BCUT2D eigenvalue weighted by Crippen LogP contribution is -2.14. The van der Waals surface area contributed by atoms with Crippen LogP contribution in [0.15, 0.2) is 0 Å². The molecule has 0 aromatic heterocycles. The molecular weight excluding hydrogens is 326 g/mol. The minimum Gasteiger partial charge on any atom is -0.344 e. The third kappa shape index (κ3) is 26.1. The Bertz CT molecular complexity index is 337. The molecule has 0 radical (unpaired) electrons. The zero-order valence-electron chi connectivity index (χ0n) is 11.5. The Kier molecular flexibility index (Phi) is 28.7. The second-order valence-electron chi connectivity index (χ2n) is 2.64. The summed E-state index contributed by atoms with van der Waals surface area (Å²) in [6.07, 6.45) is 2.50. The van der Waals surface area contributed by atoms with Gasteiger partial charge < -0.3 is 17.6 Å². The molecule has 0 rings (SSSR count). The van der Waals surface area contributed by atoms with Crippen molar-refractivity contribution < 1.29 is 15.7 Å². The van der Waals surface area contributed by atoms with Crippen molar-refractivity contribution in [3.8, 4) is 10.8 Å². The topological polar surface area (TPSA) is 182 Å². The van der Waals surface area contributed by atoms with E-state index in [9.17, 15) is 8.42 Å². The maximum atomic E-state index is 10.4. The Labute approximate surface area is 129 Å². The van der Waals surface area contributed by atoms with E-state index in [1.54, 1.807) is 0 Å². The fraction of sp³-hybridized carbons (Fsp3) is 0.750. The second-order valence-corrected chi connectivity index (χ2v) is 5.25. The monoisotopic (exact) mass is 347 g/mol. The molecule has 0 heterocycles. The van der Waals surface area contributed by atoms with E-state index in [0.29, 0.717) is 0 Å². The van der Waals surface area contributed by atoms with E-state index in [4.69, 9.17) is 10.5 Å². The zero-order chi connectivity index (χ0) is 14.3. The third-order valence-electron chi connectivity index (χ3n) is 1.16. The van der Waals surface area contributed by atoms with Gasteiger partial charge in [-0.15, -0.1) is 0 Å². The van der Waals surface area contributed by atoms with Crippen LogP contribution in [0, 0.1) is 21.3 Å². The maximum Gasteiger partial charge on any atom is 0.423 e. The quantitative estimate of drug-likeness (QED) is 0.332. The number of nitriles is 2. The molecule has 7 N–H and O–H groups in total. The number of thiocyanates is 2. The van der Waals surface area contributed by atoms with E-state index < -0.39 is 10.4 Å². The van der Waals surface area contributed by atoms with Crippen molar-refractivity contribution >= 4 is 34.5 Å². The number of hydrogen-bond donors (Lipinski definition) is 3. The summed E-state index contributed by atoms with van der Waals surface area (Å²) < 4.78 is 28.3. The van der Waals surface area contributed by atoms with Gasteiger partial charge in [-0.25, -0.2) is 0 Å². The Morgan fingerprint density at radius 1 is 1.00 bits per heavy atom. The van der Waals surface area contributed by atoms with Crippen LogP contribution < -0.4 is 17.6 Å². The van der Waals surface area contributed by atoms with Gasteiger partial charge in [-0.1, -0.05) is 13.8 Å². The highest BCUT2D eigenvalue weighted by atomic mass is 32.3. The number of hydrogen-bond acceptors (Lipinski definition) is 11. The van der Waals surface area contributed by atoms with Crippen molar-refractivity contribution in [1.29, 1.82) is 10.5 Å². The molecule has 0 aliphatic heterocycles. The molecular formula is C8H21N5O4S3. The minimum atomic E-state index is -4.22. The van der Waals surface area contributed by atoms with Crippen LogP contribution in [0.1, 0.15) is 26.7 Å². The van der Waals surface area contributed by atoms with Crippen molar-refractivity contribution in [3.63, 3.8) is 0 Å². The highest BCUT2D eigenvalue weighted by molar-refractivity contribution is 8.11. The SMILES string of the molecule is CCCNCCC.N.N.N#CSOS(=O)(=O)OSC#N. The van der Waals surface area contributed by atoms with Gasteiger partial charge in [0.1, 0.15) is 24.1 Å². The van der Waals surface area contributed by atoms with Crippen LogP contribution in [-0.2, 0) is 17.7 Å². The van der Waals surface area contributed by atoms with Crippen molar-refractivity contribution in [2.45, 2.75) is 26.7 Å². The summed E-state index contributed by atoms with van der Waals surface area (Å²) in [4.78, 5) is 0. The molecule has 0 saturated carbocycles. The Hall–Kier alpha value is -0.570. The van der Waals surface area contributed by atoms with Crippen LogP contribution in [0.2, 0.25) is 0 Å². The number of nitrogens with one attached hydrogen (secondary N) is 1. The van der Waals surface area contributed by atoms with E-state index in [1.807, 2.05) is 0 Å². The van der Waals surface area contributed by atoms with E-state index in [-0.39, 0.29) is 36.4 Å². The first-order chi connectivity index (χ1) is 8.54. The largest absolute Gasteiger partial charge is 0.423 e. The van der Waals surface area contributed by atoms with Crippen molar-refractivity contribution in [1.82, 2.24) is 17.6 Å². The molecule has 0 amide bonds. The molecule has 9 nitrogen and oxygen atoms in total. The summed E-state index contributed by atoms with van der Waals surface area (Å²) in [6, 6.07) is 0. The Morgan fingerprint density at radius 3 is 1.60 bits per heavy atom. The highest BCUT2D eigenvalue weighted by Crippen LogP contribution is 2.13. The van der Waals surface area contributed by atoms with Gasteiger partial charge in [-0.05, 0) is 25.9 Å². The fourth-order valence-corrected chi connectivity index (χ4v) is 1.81. The Morgan fingerprint density at radius 2 is 1.35 bits per heavy atom. The summed E-state index contributed by atoms with van der Waals surface area (Å²) in [5.41, 5.74) is 0. The average Bonchev–Trinajstić information content (AvgIpc) is 2.36. The van der Waals surface area contributed by atoms with Gasteiger partial charge in [0.25, 0.3) is 0 Å². The smallest absolute Gasteiger partial charge is 0.344 e. The molecule has 120 valence electrons. The lowest BCUT2D eigenvalue weighted by molar-refractivity contribution is 0.440. The van der Waals surface area contributed by atoms with Gasteiger partial charge in [-0.2, -0.15) is 26.2 Å². The van der Waals surface area contributed by atoms with Gasteiger partial charge in [-0.3, -0.25) is 0 Å². The highest BCUT2D eigenvalue weighted by Gasteiger charge is 2.13. The predicted octanol–water partition coefficient (Wildman–Crippen LogP) is 2.24. The first kappa shape index (κ1) is 27.7. The normalized spacial score (nSPS) is 8.80. The molecule has 0 aliphatic rings. The van der Waals surface area contributed by atoms with E-state index >= 15 is 0 Å². The molecule has 0 unspecified atom stereocenters. The van der Waals surface area contributed by atoms with Crippen LogP contribution in [0.4, 0.5) is 0 Å². The van der Waals surface area contributed by atoms with Gasteiger partial charge in [0.2, 0.25) is 0 Å². The van der Waals surface area contributed by atoms with Crippen molar-refractivity contribution in [3.05, 3.63) is 0 Å². The molecule has 20 heavy (non-hydrogen) atoms. The molecule has 0 saturated heterocycles. The van der Waals surface area contributed by atoms with Crippen LogP contribution in [-0.4, -0.2) is 21.5 Å². The number of nitrogens with zero attached hydrogens (tertiary/aromatic N) is 2. The molecule has 0 aromatic rings. The summed E-state index contributed by atoms with van der Waals surface area (Å²) >= 11 is 0.0707. The molecule has 12 heteroatoms. The molecule has 0 fully saturated rings. The maximum absolute atomic E-state index is 10.4. The fourth-order valence-electron chi connectivity index (χ4n) is 0.604. The molecule has 0 spiro atoms. The summed E-state index contributed by atoms with van der Waals surface area (Å²) in [5.74, 6) is 0. The second kappa shape index (κ2) is 20.7. The van der Waals surface area contributed by atoms with Gasteiger partial charge in [0.15, 0.2) is 10.8 Å². The molecule has 0 aliphatic carbocycles. The zero-order valence-corrected chi connectivity index (χ0v) is 13.9. The molecule has 0 atom stereocenters.